The maximum atomic E-state index is 12.3. The summed E-state index contributed by atoms with van der Waals surface area (Å²) >= 11 is 0. The average Bonchev–Trinajstić information content (AvgIpc) is 2.98. The summed E-state index contributed by atoms with van der Waals surface area (Å²) in [5.74, 6) is 0.297. The Hall–Kier alpha value is -2.36. The van der Waals surface area contributed by atoms with E-state index in [-0.39, 0.29) is 0 Å². The Morgan fingerprint density at radius 3 is 2.83 bits per heavy atom. The molecule has 0 saturated carbocycles. The van der Waals surface area contributed by atoms with Gasteiger partial charge in [0, 0.05) is 53.7 Å². The number of aromatic amines is 1. The van der Waals surface area contributed by atoms with Crippen LogP contribution >= 0.6 is 0 Å². The monoisotopic (exact) mass is 307 g/mol. The molecule has 1 fully saturated rings. The van der Waals surface area contributed by atoms with Crippen molar-refractivity contribution in [1.29, 1.82) is 0 Å². The number of pyridine rings is 1. The van der Waals surface area contributed by atoms with Crippen molar-refractivity contribution < 1.29 is 4.79 Å². The van der Waals surface area contributed by atoms with Crippen molar-refractivity contribution in [2.45, 2.75) is 32.1 Å². The number of amides is 1. The summed E-state index contributed by atoms with van der Waals surface area (Å²) in [6.07, 6.45) is 8.67. The minimum atomic E-state index is 0.297. The number of rotatable bonds is 3. The van der Waals surface area contributed by atoms with Gasteiger partial charge < -0.3 is 9.88 Å². The van der Waals surface area contributed by atoms with Crippen molar-refractivity contribution in [2.75, 3.05) is 13.1 Å². The smallest absolute Gasteiger partial charge is 0.222 e. The lowest BCUT2D eigenvalue weighted by Gasteiger charge is -2.26. The predicted octanol–water partition coefficient (Wildman–Crippen LogP) is 3.66. The van der Waals surface area contributed by atoms with E-state index < -0.39 is 0 Å². The van der Waals surface area contributed by atoms with Crippen LogP contribution < -0.4 is 0 Å². The normalized spacial score (nSPS) is 15.4. The maximum Gasteiger partial charge on any atom is 0.222 e. The molecule has 118 valence electrons. The zero-order valence-electron chi connectivity index (χ0n) is 13.2. The molecular formula is C19H21N3O. The molecule has 3 aromatic rings. The second-order valence-corrected chi connectivity index (χ2v) is 6.37. The number of fused-ring (bicyclic) bond motifs is 3. The summed E-state index contributed by atoms with van der Waals surface area (Å²) in [6, 6.07) is 8.43. The van der Waals surface area contributed by atoms with Gasteiger partial charge in [-0.2, -0.15) is 0 Å². The Bertz CT molecular complexity index is 846. The Balaban J connectivity index is 1.50. The third-order valence-corrected chi connectivity index (χ3v) is 4.80. The second-order valence-electron chi connectivity index (χ2n) is 6.37. The molecule has 1 aromatic carbocycles. The number of nitrogens with zero attached hydrogens (tertiary/aromatic N) is 2. The zero-order chi connectivity index (χ0) is 15.6. The van der Waals surface area contributed by atoms with Crippen LogP contribution in [0.3, 0.4) is 0 Å². The number of benzene rings is 1. The molecule has 0 bridgehead atoms. The first-order valence-electron chi connectivity index (χ1n) is 8.43. The molecule has 3 heterocycles. The predicted molar refractivity (Wildman–Crippen MR) is 92.4 cm³/mol. The topological polar surface area (TPSA) is 49.0 Å². The van der Waals surface area contributed by atoms with Crippen molar-refractivity contribution in [3.8, 4) is 0 Å². The third-order valence-electron chi connectivity index (χ3n) is 4.80. The van der Waals surface area contributed by atoms with E-state index in [1.807, 2.05) is 17.2 Å². The zero-order valence-corrected chi connectivity index (χ0v) is 13.2. The first-order chi connectivity index (χ1) is 11.3. The SMILES string of the molecule is O=C(CCc1ccc2c(c1)[nH]c1ccncc12)N1CCCCC1. The number of carbonyl (C=O) groups excluding carboxylic acids is 1. The van der Waals surface area contributed by atoms with Crippen LogP contribution in [0.25, 0.3) is 21.8 Å². The second kappa shape index (κ2) is 6.03. The Kier molecular flexibility index (Phi) is 3.74. The van der Waals surface area contributed by atoms with E-state index in [2.05, 4.69) is 28.2 Å². The first kappa shape index (κ1) is 14.2. The van der Waals surface area contributed by atoms with E-state index in [9.17, 15) is 4.79 Å². The molecule has 4 rings (SSSR count). The Morgan fingerprint density at radius 1 is 1.09 bits per heavy atom. The third kappa shape index (κ3) is 2.81. The molecule has 4 heteroatoms. The molecule has 1 N–H and O–H groups in total. The number of aromatic nitrogens is 2. The fourth-order valence-corrected chi connectivity index (χ4v) is 3.50. The van der Waals surface area contributed by atoms with E-state index in [1.54, 1.807) is 6.20 Å². The summed E-state index contributed by atoms with van der Waals surface area (Å²) in [5, 5.41) is 2.35. The van der Waals surface area contributed by atoms with Crippen LogP contribution in [-0.2, 0) is 11.2 Å². The van der Waals surface area contributed by atoms with Gasteiger partial charge in [0.2, 0.25) is 5.91 Å². The van der Waals surface area contributed by atoms with Gasteiger partial charge in [0.05, 0.1) is 0 Å². The molecule has 0 radical (unpaired) electrons. The van der Waals surface area contributed by atoms with Gasteiger partial charge in [-0.05, 0) is 43.4 Å². The van der Waals surface area contributed by atoms with Crippen LogP contribution in [0.1, 0.15) is 31.2 Å². The maximum absolute atomic E-state index is 12.3. The summed E-state index contributed by atoms with van der Waals surface area (Å²) in [5.41, 5.74) is 3.44. The highest BCUT2D eigenvalue weighted by molar-refractivity contribution is 6.06. The van der Waals surface area contributed by atoms with Gasteiger partial charge in [-0.15, -0.1) is 0 Å². The number of nitrogens with one attached hydrogen (secondary N) is 1. The summed E-state index contributed by atoms with van der Waals surface area (Å²) in [4.78, 5) is 21.9. The van der Waals surface area contributed by atoms with Crippen LogP contribution in [0.4, 0.5) is 0 Å². The minimum Gasteiger partial charge on any atom is -0.354 e. The minimum absolute atomic E-state index is 0.297. The molecule has 1 amide bonds. The van der Waals surface area contributed by atoms with Gasteiger partial charge >= 0.3 is 0 Å². The van der Waals surface area contributed by atoms with Gasteiger partial charge in [0.1, 0.15) is 0 Å². The fourth-order valence-electron chi connectivity index (χ4n) is 3.50. The van der Waals surface area contributed by atoms with Crippen molar-refractivity contribution >= 4 is 27.7 Å². The van der Waals surface area contributed by atoms with Crippen molar-refractivity contribution in [2.24, 2.45) is 0 Å². The molecule has 4 nitrogen and oxygen atoms in total. The average molecular weight is 307 g/mol. The van der Waals surface area contributed by atoms with E-state index in [0.29, 0.717) is 12.3 Å². The molecule has 0 aliphatic carbocycles. The van der Waals surface area contributed by atoms with Crippen LogP contribution in [0.5, 0.6) is 0 Å². The highest BCUT2D eigenvalue weighted by atomic mass is 16.2. The number of H-pyrrole nitrogens is 1. The number of hydrogen-bond donors (Lipinski definition) is 1. The molecule has 2 aromatic heterocycles. The van der Waals surface area contributed by atoms with Crippen LogP contribution in [-0.4, -0.2) is 33.9 Å². The van der Waals surface area contributed by atoms with Crippen molar-refractivity contribution in [3.63, 3.8) is 0 Å². The van der Waals surface area contributed by atoms with Crippen LogP contribution in [0, 0.1) is 0 Å². The van der Waals surface area contributed by atoms with Gasteiger partial charge in [-0.3, -0.25) is 9.78 Å². The summed E-state index contributed by atoms with van der Waals surface area (Å²) in [6.45, 7) is 1.87. The van der Waals surface area contributed by atoms with E-state index >= 15 is 0 Å². The number of hydrogen-bond acceptors (Lipinski definition) is 2. The van der Waals surface area contributed by atoms with Gasteiger partial charge in [0.25, 0.3) is 0 Å². The molecule has 1 aliphatic heterocycles. The van der Waals surface area contributed by atoms with Crippen molar-refractivity contribution in [3.05, 3.63) is 42.2 Å². The molecule has 23 heavy (non-hydrogen) atoms. The molecule has 1 saturated heterocycles. The van der Waals surface area contributed by atoms with Gasteiger partial charge in [-0.1, -0.05) is 12.1 Å². The lowest BCUT2D eigenvalue weighted by Crippen LogP contribution is -2.35. The van der Waals surface area contributed by atoms with Crippen LogP contribution in [0.15, 0.2) is 36.7 Å². The van der Waals surface area contributed by atoms with E-state index in [1.165, 1.54) is 17.4 Å². The van der Waals surface area contributed by atoms with E-state index in [4.69, 9.17) is 0 Å². The summed E-state index contributed by atoms with van der Waals surface area (Å²) in [7, 11) is 0. The molecular weight excluding hydrogens is 286 g/mol. The number of aryl methyl sites for hydroxylation is 1. The standard InChI is InChI=1S/C19H21N3O/c23-19(22-10-2-1-3-11-22)7-5-14-4-6-15-16-13-20-9-8-17(16)21-18(15)12-14/h4,6,8-9,12-13,21H,1-3,5,7,10-11H2. The number of carbonyl (C=O) groups is 1. The lowest BCUT2D eigenvalue weighted by molar-refractivity contribution is -0.132. The number of piperidine rings is 1. The van der Waals surface area contributed by atoms with E-state index in [0.717, 1.165) is 48.8 Å². The lowest BCUT2D eigenvalue weighted by atomic mass is 10.1. The molecule has 1 aliphatic rings. The molecule has 0 spiro atoms. The Labute approximate surface area is 135 Å². The quantitative estimate of drug-likeness (QED) is 0.802. The fraction of sp³-hybridized carbons (Fsp3) is 0.368. The highest BCUT2D eigenvalue weighted by Crippen LogP contribution is 2.25. The van der Waals surface area contributed by atoms with Gasteiger partial charge in [0.15, 0.2) is 0 Å². The van der Waals surface area contributed by atoms with Crippen LogP contribution in [0.2, 0.25) is 0 Å². The highest BCUT2D eigenvalue weighted by Gasteiger charge is 2.16. The Morgan fingerprint density at radius 2 is 1.96 bits per heavy atom. The largest absolute Gasteiger partial charge is 0.354 e. The summed E-state index contributed by atoms with van der Waals surface area (Å²) < 4.78 is 0. The number of likely N-dealkylation sites (tertiary alicyclic amines) is 1. The molecule has 0 atom stereocenters. The molecule has 0 unspecified atom stereocenters. The van der Waals surface area contributed by atoms with Gasteiger partial charge in [-0.25, -0.2) is 0 Å². The van der Waals surface area contributed by atoms with Crippen molar-refractivity contribution in [1.82, 2.24) is 14.9 Å². The first-order valence-corrected chi connectivity index (χ1v) is 8.43.